The minimum Gasteiger partial charge on any atom is -0.464 e. The van der Waals surface area contributed by atoms with Crippen LogP contribution < -0.4 is 5.32 Å². The molecule has 0 heterocycles. The van der Waals surface area contributed by atoms with Gasteiger partial charge in [0.25, 0.3) is 0 Å². The fraction of sp³-hybridized carbons (Fsp3) is 0.545. The van der Waals surface area contributed by atoms with Crippen LogP contribution in [0.5, 0.6) is 0 Å². The quantitative estimate of drug-likeness (QED) is 0.142. The first kappa shape index (κ1) is 32.1. The van der Waals surface area contributed by atoms with Crippen molar-refractivity contribution in [2.45, 2.75) is 109 Å². The summed E-state index contributed by atoms with van der Waals surface area (Å²) in [6.45, 7) is 4.09. The molecule has 0 bridgehead atoms. The SMILES string of the molecule is CCCCCCCCCCCCCC(=O)O[C@H](c1ccccc1)[C@H](NC(=O)Cc1ccccc1)C(=O)OCC. The van der Waals surface area contributed by atoms with Crippen LogP contribution in [0.2, 0.25) is 0 Å². The third-order valence-electron chi connectivity index (χ3n) is 6.74. The normalized spacial score (nSPS) is 12.4. The minimum absolute atomic E-state index is 0.102. The van der Waals surface area contributed by atoms with E-state index in [2.05, 4.69) is 12.2 Å². The summed E-state index contributed by atoms with van der Waals surface area (Å²) in [6, 6.07) is 17.2. The highest BCUT2D eigenvalue weighted by molar-refractivity contribution is 5.86. The first-order valence-corrected chi connectivity index (χ1v) is 14.8. The molecular formula is C33H47NO5. The lowest BCUT2D eigenvalue weighted by atomic mass is 10.0. The molecule has 2 rings (SSSR count). The van der Waals surface area contributed by atoms with Gasteiger partial charge in [0.15, 0.2) is 12.1 Å². The van der Waals surface area contributed by atoms with Crippen molar-refractivity contribution in [2.75, 3.05) is 6.61 Å². The summed E-state index contributed by atoms with van der Waals surface area (Å²) in [5.41, 5.74) is 1.45. The molecule has 2 aromatic rings. The molecule has 0 radical (unpaired) electrons. The van der Waals surface area contributed by atoms with Crippen LogP contribution in [-0.4, -0.2) is 30.5 Å². The van der Waals surface area contributed by atoms with E-state index in [9.17, 15) is 14.4 Å². The average Bonchev–Trinajstić information content (AvgIpc) is 2.94. The Labute approximate surface area is 234 Å². The van der Waals surface area contributed by atoms with E-state index in [4.69, 9.17) is 9.47 Å². The molecule has 1 amide bonds. The van der Waals surface area contributed by atoms with Gasteiger partial charge in [-0.3, -0.25) is 9.59 Å². The van der Waals surface area contributed by atoms with E-state index in [1.807, 2.05) is 48.5 Å². The summed E-state index contributed by atoms with van der Waals surface area (Å²) in [5, 5.41) is 2.78. The van der Waals surface area contributed by atoms with Crippen molar-refractivity contribution in [1.29, 1.82) is 0 Å². The summed E-state index contributed by atoms with van der Waals surface area (Å²) in [6.07, 6.45) is 12.5. The second-order valence-electron chi connectivity index (χ2n) is 10.1. The molecular weight excluding hydrogens is 490 g/mol. The van der Waals surface area contributed by atoms with Gasteiger partial charge in [0.05, 0.1) is 13.0 Å². The van der Waals surface area contributed by atoms with Gasteiger partial charge in [0.1, 0.15) is 0 Å². The maximum absolute atomic E-state index is 13.0. The Balaban J connectivity index is 1.92. The van der Waals surface area contributed by atoms with E-state index in [1.165, 1.54) is 51.4 Å². The molecule has 0 unspecified atom stereocenters. The number of esters is 2. The van der Waals surface area contributed by atoms with Crippen molar-refractivity contribution in [2.24, 2.45) is 0 Å². The highest BCUT2D eigenvalue weighted by atomic mass is 16.6. The third-order valence-corrected chi connectivity index (χ3v) is 6.74. The number of carbonyl (C=O) groups is 3. The van der Waals surface area contributed by atoms with Gasteiger partial charge in [0, 0.05) is 6.42 Å². The zero-order valence-corrected chi connectivity index (χ0v) is 23.9. The smallest absolute Gasteiger partial charge is 0.332 e. The number of hydrogen-bond acceptors (Lipinski definition) is 5. The number of benzene rings is 2. The topological polar surface area (TPSA) is 81.7 Å². The molecule has 2 atom stereocenters. The minimum atomic E-state index is -1.15. The summed E-state index contributed by atoms with van der Waals surface area (Å²) in [4.78, 5) is 38.7. The van der Waals surface area contributed by atoms with Gasteiger partial charge in [-0.05, 0) is 24.5 Å². The molecule has 1 N–H and O–H groups in total. The van der Waals surface area contributed by atoms with Gasteiger partial charge >= 0.3 is 11.9 Å². The summed E-state index contributed by atoms with van der Waals surface area (Å²) in [5.74, 6) is -1.36. The lowest BCUT2D eigenvalue weighted by molar-refractivity contribution is -0.160. The van der Waals surface area contributed by atoms with Gasteiger partial charge in [-0.25, -0.2) is 4.79 Å². The van der Waals surface area contributed by atoms with E-state index >= 15 is 0 Å². The van der Waals surface area contributed by atoms with Crippen LogP contribution in [0, 0.1) is 0 Å². The number of hydrogen-bond donors (Lipinski definition) is 1. The molecule has 0 aromatic heterocycles. The van der Waals surface area contributed by atoms with Crippen molar-refractivity contribution in [3.8, 4) is 0 Å². The Bertz CT molecular complexity index is 947. The lowest BCUT2D eigenvalue weighted by Crippen LogP contribution is -2.47. The largest absolute Gasteiger partial charge is 0.464 e. The molecule has 0 aliphatic heterocycles. The summed E-state index contributed by atoms with van der Waals surface area (Å²) >= 11 is 0. The zero-order chi connectivity index (χ0) is 28.1. The van der Waals surface area contributed by atoms with Crippen LogP contribution in [-0.2, 0) is 30.3 Å². The van der Waals surface area contributed by atoms with Crippen LogP contribution >= 0.6 is 0 Å². The van der Waals surface area contributed by atoms with Gasteiger partial charge in [0.2, 0.25) is 5.91 Å². The Kier molecular flexibility index (Phi) is 16.3. The van der Waals surface area contributed by atoms with E-state index in [0.29, 0.717) is 5.56 Å². The molecule has 0 aliphatic rings. The molecule has 39 heavy (non-hydrogen) atoms. The molecule has 6 heteroatoms. The highest BCUT2D eigenvalue weighted by Gasteiger charge is 2.35. The van der Waals surface area contributed by atoms with E-state index in [1.54, 1.807) is 19.1 Å². The first-order valence-electron chi connectivity index (χ1n) is 14.8. The Hall–Kier alpha value is -3.15. The molecule has 0 saturated carbocycles. The fourth-order valence-corrected chi connectivity index (χ4v) is 4.60. The molecule has 214 valence electrons. The molecule has 6 nitrogen and oxygen atoms in total. The first-order chi connectivity index (χ1) is 19.0. The third kappa shape index (κ3) is 13.5. The second-order valence-corrected chi connectivity index (χ2v) is 10.1. The Morgan fingerprint density at radius 1 is 0.718 bits per heavy atom. The number of nitrogens with one attached hydrogen (secondary N) is 1. The van der Waals surface area contributed by atoms with E-state index in [0.717, 1.165) is 24.8 Å². The number of rotatable bonds is 20. The molecule has 0 spiro atoms. The van der Waals surface area contributed by atoms with Crippen LogP contribution in [0.3, 0.4) is 0 Å². The second kappa shape index (κ2) is 19.9. The van der Waals surface area contributed by atoms with Gasteiger partial charge in [-0.1, -0.05) is 132 Å². The maximum atomic E-state index is 13.0. The zero-order valence-electron chi connectivity index (χ0n) is 23.9. The number of unbranched alkanes of at least 4 members (excludes halogenated alkanes) is 10. The Morgan fingerprint density at radius 3 is 1.82 bits per heavy atom. The van der Waals surface area contributed by atoms with Crippen molar-refractivity contribution in [3.63, 3.8) is 0 Å². The lowest BCUT2D eigenvalue weighted by Gasteiger charge is -2.27. The summed E-state index contributed by atoms with van der Waals surface area (Å²) < 4.78 is 11.1. The van der Waals surface area contributed by atoms with E-state index < -0.39 is 18.1 Å². The van der Waals surface area contributed by atoms with Crippen LogP contribution in [0.4, 0.5) is 0 Å². The summed E-state index contributed by atoms with van der Waals surface area (Å²) in [7, 11) is 0. The van der Waals surface area contributed by atoms with Gasteiger partial charge in [-0.2, -0.15) is 0 Å². The molecule has 2 aromatic carbocycles. The van der Waals surface area contributed by atoms with Crippen LogP contribution in [0.25, 0.3) is 0 Å². The standard InChI is InChI=1S/C33H47NO5/c1-3-5-6-7-8-9-10-11-12-13-20-25-30(36)39-32(28-23-18-15-19-24-28)31(33(37)38-4-2)34-29(35)26-27-21-16-14-17-22-27/h14-19,21-24,31-32H,3-13,20,25-26H2,1-2H3,(H,34,35)/t31-,32+/m0/s1. The molecule has 0 saturated heterocycles. The molecule has 0 fully saturated rings. The van der Waals surface area contributed by atoms with Crippen molar-refractivity contribution < 1.29 is 23.9 Å². The van der Waals surface area contributed by atoms with E-state index in [-0.39, 0.29) is 31.3 Å². The predicted octanol–water partition coefficient (Wildman–Crippen LogP) is 7.26. The van der Waals surface area contributed by atoms with Crippen molar-refractivity contribution in [3.05, 3.63) is 71.8 Å². The number of ether oxygens (including phenoxy) is 2. The van der Waals surface area contributed by atoms with Crippen molar-refractivity contribution >= 4 is 17.8 Å². The number of carbonyl (C=O) groups excluding carboxylic acids is 3. The van der Waals surface area contributed by atoms with Gasteiger partial charge in [-0.15, -0.1) is 0 Å². The van der Waals surface area contributed by atoms with Crippen LogP contribution in [0.15, 0.2) is 60.7 Å². The highest BCUT2D eigenvalue weighted by Crippen LogP contribution is 2.24. The predicted molar refractivity (Wildman–Crippen MR) is 155 cm³/mol. The van der Waals surface area contributed by atoms with Crippen molar-refractivity contribution in [1.82, 2.24) is 5.32 Å². The van der Waals surface area contributed by atoms with Crippen LogP contribution in [0.1, 0.15) is 108 Å². The number of amides is 1. The fourth-order valence-electron chi connectivity index (χ4n) is 4.60. The molecule has 0 aliphatic carbocycles. The van der Waals surface area contributed by atoms with Gasteiger partial charge < -0.3 is 14.8 Å². The average molecular weight is 538 g/mol. The maximum Gasteiger partial charge on any atom is 0.332 e. The monoisotopic (exact) mass is 537 g/mol. The Morgan fingerprint density at radius 2 is 1.26 bits per heavy atom.